The van der Waals surface area contributed by atoms with E-state index in [-0.39, 0.29) is 41.7 Å². The van der Waals surface area contributed by atoms with Gasteiger partial charge in [-0.15, -0.1) is 0 Å². The number of imide groups is 2. The van der Waals surface area contributed by atoms with Crippen LogP contribution in [-0.2, 0) is 9.59 Å². The largest absolute Gasteiger partial charge is 0.457 e. The molecular weight excluding hydrogens is 732 g/mol. The molecule has 10 rings (SSSR count). The summed E-state index contributed by atoms with van der Waals surface area (Å²) in [6.07, 6.45) is 3.39. The van der Waals surface area contributed by atoms with E-state index in [4.69, 9.17) is 15.6 Å². The minimum atomic E-state index is -1.09. The lowest BCUT2D eigenvalue weighted by Crippen LogP contribution is -2.70. The maximum absolute atomic E-state index is 15.4. The van der Waals surface area contributed by atoms with Crippen molar-refractivity contribution >= 4 is 46.2 Å². The average Bonchev–Trinajstić information content (AvgIpc) is 3.68. The lowest BCUT2D eigenvalue weighted by Gasteiger charge is -2.55. The number of piperidine rings is 2. The van der Waals surface area contributed by atoms with Crippen molar-refractivity contribution in [2.45, 2.75) is 49.9 Å². The van der Waals surface area contributed by atoms with E-state index in [1.165, 1.54) is 12.4 Å². The normalized spacial score (nSPS) is 21.2. The number of nitrogens with zero attached hydrogens (tertiary/aromatic N) is 8. The SMILES string of the molecule is Nc1ncnc2c1c(-c1ccc(Oc3ccccc3)cc1)nn2C1CCN(C2CN(C3CN(c4cc5c(cc4F)C(=O)N(C4CCC(=O)NC4=O)C5=O)C3)C2)CC1. The Bertz CT molecular complexity index is 2440. The van der Waals surface area contributed by atoms with Gasteiger partial charge >= 0.3 is 0 Å². The van der Waals surface area contributed by atoms with Gasteiger partial charge in [-0.2, -0.15) is 5.10 Å². The third kappa shape index (κ3) is 6.06. The Hall–Kier alpha value is -6.26. The fourth-order valence-electron chi connectivity index (χ4n) is 8.87. The predicted octanol–water partition coefficient (Wildman–Crippen LogP) is 3.62. The minimum Gasteiger partial charge on any atom is -0.457 e. The molecule has 7 heterocycles. The molecule has 3 N–H and O–H groups in total. The van der Waals surface area contributed by atoms with E-state index < -0.39 is 35.5 Å². The van der Waals surface area contributed by atoms with Crippen LogP contribution in [0.15, 0.2) is 73.1 Å². The first kappa shape index (κ1) is 35.2. The monoisotopic (exact) mass is 770 g/mol. The first-order valence-corrected chi connectivity index (χ1v) is 19.3. The molecule has 3 aromatic carbocycles. The molecule has 15 nitrogen and oxygen atoms in total. The van der Waals surface area contributed by atoms with Gasteiger partial charge in [-0.25, -0.2) is 19.0 Å². The molecule has 0 aliphatic carbocycles. The van der Waals surface area contributed by atoms with Crippen molar-refractivity contribution in [3.8, 4) is 22.8 Å². The highest BCUT2D eigenvalue weighted by Crippen LogP contribution is 2.38. The van der Waals surface area contributed by atoms with Crippen LogP contribution >= 0.6 is 0 Å². The van der Waals surface area contributed by atoms with Crippen LogP contribution in [0.2, 0.25) is 0 Å². The molecule has 5 aliphatic rings. The van der Waals surface area contributed by atoms with Crippen molar-refractivity contribution in [2.24, 2.45) is 0 Å². The van der Waals surface area contributed by atoms with Gasteiger partial charge in [-0.05, 0) is 67.8 Å². The van der Waals surface area contributed by atoms with Crippen LogP contribution in [0.1, 0.15) is 52.4 Å². The number of hydrogen-bond donors (Lipinski definition) is 2. The number of nitrogens with two attached hydrogens (primary N) is 1. The molecule has 16 heteroatoms. The lowest BCUT2D eigenvalue weighted by atomic mass is 9.95. The number of ether oxygens (including phenoxy) is 1. The van der Waals surface area contributed by atoms with Gasteiger partial charge in [0.25, 0.3) is 11.8 Å². The number of aromatic nitrogens is 4. The van der Waals surface area contributed by atoms with Crippen LogP contribution in [0.5, 0.6) is 11.5 Å². The maximum Gasteiger partial charge on any atom is 0.262 e. The van der Waals surface area contributed by atoms with E-state index in [0.717, 1.165) is 83.8 Å². The number of fused-ring (bicyclic) bond motifs is 2. The van der Waals surface area contributed by atoms with Crippen LogP contribution in [0.4, 0.5) is 15.9 Å². The van der Waals surface area contributed by atoms with Gasteiger partial charge < -0.3 is 15.4 Å². The standard InChI is InChI=1S/C41H39FN10O5/c42-31-16-29-30(41(56)51(40(29)55)32-10-11-34(53)46-39(32)54)17-33(31)50-20-26(21-50)49-18-25(19-49)48-14-12-24(13-15-48)52-38-35(37(43)44-22-45-38)36(47-52)23-6-8-28(9-7-23)57-27-4-2-1-3-5-27/h1-9,16-17,22,24-26,32H,10-15,18-21H2,(H2,43,44,45)(H,46,53,54). The molecule has 5 aromatic rings. The van der Waals surface area contributed by atoms with Gasteiger partial charge in [0.2, 0.25) is 11.8 Å². The molecule has 290 valence electrons. The number of rotatable bonds is 8. The molecule has 4 saturated heterocycles. The molecule has 2 aromatic heterocycles. The number of hydrogen-bond acceptors (Lipinski definition) is 12. The summed E-state index contributed by atoms with van der Waals surface area (Å²) in [7, 11) is 0. The van der Waals surface area contributed by atoms with Gasteiger partial charge in [0, 0.05) is 63.3 Å². The zero-order chi connectivity index (χ0) is 38.9. The van der Waals surface area contributed by atoms with E-state index in [9.17, 15) is 19.2 Å². The number of anilines is 2. The summed E-state index contributed by atoms with van der Waals surface area (Å²) in [5.74, 6) is -1.21. The van der Waals surface area contributed by atoms with Crippen molar-refractivity contribution in [1.82, 2.24) is 39.8 Å². The van der Waals surface area contributed by atoms with Gasteiger partial charge in [0.1, 0.15) is 41.2 Å². The summed E-state index contributed by atoms with van der Waals surface area (Å²) in [6.45, 7) is 4.90. The summed E-state index contributed by atoms with van der Waals surface area (Å²) in [5, 5.41) is 8.01. The molecule has 5 aliphatic heterocycles. The molecule has 0 saturated carbocycles. The summed E-state index contributed by atoms with van der Waals surface area (Å²) < 4.78 is 23.4. The maximum atomic E-state index is 15.4. The number of nitrogen functional groups attached to an aromatic ring is 1. The highest BCUT2D eigenvalue weighted by atomic mass is 19.1. The number of halogens is 1. The quantitative estimate of drug-likeness (QED) is 0.220. The zero-order valence-electron chi connectivity index (χ0n) is 30.9. The highest BCUT2D eigenvalue weighted by molar-refractivity contribution is 6.23. The Kier molecular flexibility index (Phi) is 8.48. The van der Waals surface area contributed by atoms with Crippen LogP contribution in [0.25, 0.3) is 22.3 Å². The second-order valence-corrected chi connectivity index (χ2v) is 15.4. The molecule has 0 spiro atoms. The molecule has 1 atom stereocenters. The molecule has 0 radical (unpaired) electrons. The molecule has 4 amide bonds. The highest BCUT2D eigenvalue weighted by Gasteiger charge is 2.47. The number of benzene rings is 3. The van der Waals surface area contributed by atoms with Crippen LogP contribution < -0.4 is 20.7 Å². The van der Waals surface area contributed by atoms with E-state index in [2.05, 4.69) is 25.1 Å². The summed E-state index contributed by atoms with van der Waals surface area (Å²) in [5.41, 5.74) is 9.09. The number of nitrogens with one attached hydrogen (secondary N) is 1. The Labute approximate surface area is 326 Å². The van der Waals surface area contributed by atoms with E-state index in [0.29, 0.717) is 24.9 Å². The summed E-state index contributed by atoms with van der Waals surface area (Å²) in [4.78, 5) is 67.0. The van der Waals surface area contributed by atoms with Crippen LogP contribution in [-0.4, -0.2) is 115 Å². The number of likely N-dealkylation sites (tertiary alicyclic amines) is 2. The third-order valence-corrected chi connectivity index (χ3v) is 12.1. The summed E-state index contributed by atoms with van der Waals surface area (Å²) in [6, 6.07) is 19.7. The smallest absolute Gasteiger partial charge is 0.262 e. The molecular formula is C41H39FN10O5. The molecule has 4 fully saturated rings. The number of carbonyl (C=O) groups excluding carboxylic acids is 4. The Morgan fingerprint density at radius 1 is 0.772 bits per heavy atom. The van der Waals surface area contributed by atoms with Gasteiger partial charge in [0.15, 0.2) is 5.65 Å². The second-order valence-electron chi connectivity index (χ2n) is 15.4. The van der Waals surface area contributed by atoms with Gasteiger partial charge in [-0.3, -0.25) is 39.2 Å². The average molecular weight is 771 g/mol. The molecule has 1 unspecified atom stereocenters. The zero-order valence-corrected chi connectivity index (χ0v) is 30.9. The molecule has 0 bridgehead atoms. The van der Waals surface area contributed by atoms with Crippen LogP contribution in [0.3, 0.4) is 0 Å². The number of amides is 4. The van der Waals surface area contributed by atoms with Crippen molar-refractivity contribution in [3.05, 3.63) is 90.0 Å². The summed E-state index contributed by atoms with van der Waals surface area (Å²) >= 11 is 0. The fraction of sp³-hybridized carbons (Fsp3) is 0.341. The Balaban J connectivity index is 0.748. The van der Waals surface area contributed by atoms with Gasteiger partial charge in [-0.1, -0.05) is 18.2 Å². The predicted molar refractivity (Wildman–Crippen MR) is 206 cm³/mol. The third-order valence-electron chi connectivity index (χ3n) is 12.1. The topological polar surface area (TPSA) is 172 Å². The van der Waals surface area contributed by atoms with Crippen molar-refractivity contribution in [2.75, 3.05) is 49.9 Å². The van der Waals surface area contributed by atoms with E-state index in [1.807, 2.05) is 64.2 Å². The van der Waals surface area contributed by atoms with Gasteiger partial charge in [0.05, 0.1) is 28.2 Å². The Morgan fingerprint density at radius 2 is 1.46 bits per heavy atom. The van der Waals surface area contributed by atoms with Crippen molar-refractivity contribution in [3.63, 3.8) is 0 Å². The number of carbonyl (C=O) groups is 4. The molecule has 57 heavy (non-hydrogen) atoms. The van der Waals surface area contributed by atoms with Crippen molar-refractivity contribution in [1.29, 1.82) is 0 Å². The van der Waals surface area contributed by atoms with E-state index >= 15 is 4.39 Å². The van der Waals surface area contributed by atoms with E-state index in [1.54, 1.807) is 0 Å². The first-order chi connectivity index (χ1) is 27.7. The first-order valence-electron chi connectivity index (χ1n) is 19.3. The van der Waals surface area contributed by atoms with Crippen LogP contribution in [0, 0.1) is 5.82 Å². The lowest BCUT2D eigenvalue weighted by molar-refractivity contribution is -0.136. The fourth-order valence-corrected chi connectivity index (χ4v) is 8.87. The second kappa shape index (κ2) is 13.7. The minimum absolute atomic E-state index is 0.0207. The Morgan fingerprint density at radius 3 is 2.18 bits per heavy atom. The van der Waals surface area contributed by atoms with Crippen molar-refractivity contribution < 1.29 is 28.3 Å². The number of para-hydroxylation sites is 1.